The number of carbonyl (C=O) groups is 2. The van der Waals surface area contributed by atoms with Crippen LogP contribution in [0.5, 0.6) is 0 Å². The Balaban J connectivity index is 0.00000272. The van der Waals surface area contributed by atoms with Gasteiger partial charge in [0.25, 0.3) is 5.91 Å². The van der Waals surface area contributed by atoms with E-state index < -0.39 is 5.97 Å². The van der Waals surface area contributed by atoms with E-state index in [0.29, 0.717) is 11.5 Å². The van der Waals surface area contributed by atoms with Gasteiger partial charge in [-0.1, -0.05) is 42.5 Å². The highest BCUT2D eigenvalue weighted by molar-refractivity contribution is 5.96. The first-order chi connectivity index (χ1) is 14.5. The van der Waals surface area contributed by atoms with Gasteiger partial charge in [-0.15, -0.1) is 12.4 Å². The van der Waals surface area contributed by atoms with Gasteiger partial charge < -0.3 is 15.3 Å². The molecule has 5 nitrogen and oxygen atoms in total. The van der Waals surface area contributed by atoms with E-state index in [0.717, 1.165) is 26.1 Å². The van der Waals surface area contributed by atoms with Crippen LogP contribution < -0.4 is 5.32 Å². The average molecular weight is 439 g/mol. The zero-order valence-electron chi connectivity index (χ0n) is 17.5. The van der Waals surface area contributed by atoms with Crippen molar-refractivity contribution in [2.45, 2.75) is 19.4 Å². The summed E-state index contributed by atoms with van der Waals surface area (Å²) >= 11 is 0. The highest BCUT2D eigenvalue weighted by Gasteiger charge is 2.27. The third-order valence-corrected chi connectivity index (χ3v) is 5.95. The van der Waals surface area contributed by atoms with Gasteiger partial charge in [0, 0.05) is 31.2 Å². The fourth-order valence-corrected chi connectivity index (χ4v) is 4.20. The van der Waals surface area contributed by atoms with Gasteiger partial charge in [-0.3, -0.25) is 4.79 Å². The third kappa shape index (κ3) is 5.06. The number of hydrogen-bond donors (Lipinski definition) is 2. The average Bonchev–Trinajstić information content (AvgIpc) is 3.25. The number of hydrogen-bond acceptors (Lipinski definition) is 3. The van der Waals surface area contributed by atoms with Crippen LogP contribution in [0.15, 0.2) is 66.7 Å². The second-order valence-corrected chi connectivity index (χ2v) is 7.99. The number of benzene rings is 3. The summed E-state index contributed by atoms with van der Waals surface area (Å²) < 4.78 is 0. The first-order valence-corrected chi connectivity index (χ1v) is 10.4. The molecule has 0 spiro atoms. The summed E-state index contributed by atoms with van der Waals surface area (Å²) in [6.45, 7) is 4.49. The van der Waals surface area contributed by atoms with Crippen molar-refractivity contribution in [2.24, 2.45) is 5.92 Å². The van der Waals surface area contributed by atoms with E-state index in [9.17, 15) is 9.59 Å². The molecular weight excluding hydrogens is 412 g/mol. The fraction of sp³-hybridized carbons (Fsp3) is 0.280. The van der Waals surface area contributed by atoms with Crippen molar-refractivity contribution in [1.29, 1.82) is 0 Å². The number of fused-ring (bicyclic) bond motifs is 1. The lowest BCUT2D eigenvalue weighted by molar-refractivity contribution is 0.0695. The summed E-state index contributed by atoms with van der Waals surface area (Å²) in [7, 11) is 0. The molecule has 1 saturated heterocycles. The molecule has 4 rings (SSSR count). The van der Waals surface area contributed by atoms with Crippen molar-refractivity contribution < 1.29 is 14.7 Å². The molecule has 1 fully saturated rings. The summed E-state index contributed by atoms with van der Waals surface area (Å²) in [5, 5.41) is 15.2. The number of aromatic carboxylic acids is 1. The van der Waals surface area contributed by atoms with Crippen molar-refractivity contribution in [3.8, 4) is 0 Å². The first kappa shape index (κ1) is 22.8. The third-order valence-electron chi connectivity index (χ3n) is 5.95. The minimum Gasteiger partial charge on any atom is -0.478 e. The summed E-state index contributed by atoms with van der Waals surface area (Å²) in [5.41, 5.74) is 2.02. The zero-order valence-corrected chi connectivity index (χ0v) is 18.3. The van der Waals surface area contributed by atoms with Crippen LogP contribution in [0, 0.1) is 5.92 Å². The molecule has 31 heavy (non-hydrogen) atoms. The maximum absolute atomic E-state index is 12.7. The largest absolute Gasteiger partial charge is 0.478 e. The van der Waals surface area contributed by atoms with Crippen molar-refractivity contribution >= 4 is 35.1 Å². The van der Waals surface area contributed by atoms with E-state index in [2.05, 4.69) is 54.7 Å². The maximum Gasteiger partial charge on any atom is 0.335 e. The van der Waals surface area contributed by atoms with Crippen LogP contribution in [0.1, 0.15) is 45.7 Å². The van der Waals surface area contributed by atoms with Gasteiger partial charge >= 0.3 is 5.97 Å². The highest BCUT2D eigenvalue weighted by Crippen LogP contribution is 2.25. The van der Waals surface area contributed by atoms with Gasteiger partial charge in [-0.05, 0) is 59.9 Å². The summed E-state index contributed by atoms with van der Waals surface area (Å²) in [6.07, 6.45) is 0.966. The van der Waals surface area contributed by atoms with E-state index in [4.69, 9.17) is 5.11 Å². The Kier molecular flexibility index (Phi) is 7.31. The van der Waals surface area contributed by atoms with Crippen LogP contribution in [0.3, 0.4) is 0 Å². The number of carboxylic acids is 1. The van der Waals surface area contributed by atoms with Crippen LogP contribution >= 0.6 is 12.4 Å². The van der Waals surface area contributed by atoms with Crippen molar-refractivity contribution in [3.05, 3.63) is 83.4 Å². The highest BCUT2D eigenvalue weighted by atomic mass is 35.5. The molecule has 1 heterocycles. The van der Waals surface area contributed by atoms with Gasteiger partial charge in [-0.25, -0.2) is 4.79 Å². The molecule has 0 aromatic heterocycles. The van der Waals surface area contributed by atoms with Crippen LogP contribution in [-0.2, 0) is 0 Å². The van der Waals surface area contributed by atoms with E-state index in [1.54, 1.807) is 12.1 Å². The van der Waals surface area contributed by atoms with Crippen molar-refractivity contribution in [1.82, 2.24) is 10.2 Å². The molecule has 6 heteroatoms. The number of carboxylic acid groups (broad SMARTS) is 1. The molecule has 3 aromatic rings. The number of amides is 1. The fourth-order valence-electron chi connectivity index (χ4n) is 4.20. The topological polar surface area (TPSA) is 69.6 Å². The molecular formula is C25H27ClN2O3. The van der Waals surface area contributed by atoms with Crippen LogP contribution in [0.2, 0.25) is 0 Å². The Morgan fingerprint density at radius 3 is 2.45 bits per heavy atom. The molecule has 0 bridgehead atoms. The molecule has 162 valence electrons. The first-order valence-electron chi connectivity index (χ1n) is 10.4. The van der Waals surface area contributed by atoms with E-state index in [-0.39, 0.29) is 29.9 Å². The Labute approximate surface area is 188 Å². The second kappa shape index (κ2) is 9.94. The number of carbonyl (C=O) groups excluding carboxylic acids is 1. The molecule has 1 aliphatic heterocycles. The predicted molar refractivity (Wildman–Crippen MR) is 125 cm³/mol. The van der Waals surface area contributed by atoms with E-state index >= 15 is 0 Å². The molecule has 2 N–H and O–H groups in total. The van der Waals surface area contributed by atoms with Crippen LogP contribution in [0.4, 0.5) is 0 Å². The number of nitrogens with one attached hydrogen (secondary N) is 1. The summed E-state index contributed by atoms with van der Waals surface area (Å²) in [6, 6.07) is 21.2. The van der Waals surface area contributed by atoms with Gasteiger partial charge in [0.1, 0.15) is 0 Å². The second-order valence-electron chi connectivity index (χ2n) is 7.99. The molecule has 2 atom stereocenters. The lowest BCUT2D eigenvalue weighted by Gasteiger charge is -2.20. The predicted octanol–water partition coefficient (Wildman–Crippen LogP) is 4.77. The van der Waals surface area contributed by atoms with Crippen LogP contribution in [0.25, 0.3) is 10.8 Å². The Morgan fingerprint density at radius 1 is 1.03 bits per heavy atom. The number of halogens is 1. The number of likely N-dealkylation sites (tertiary alicyclic amines) is 1. The Hall–Kier alpha value is -2.89. The minimum absolute atomic E-state index is 0. The molecule has 0 aliphatic carbocycles. The standard InChI is InChI=1S/C25H26N2O3.ClH/c1-17(22-8-4-6-19-5-2-3-7-23(19)22)26-15-18-13-14-27(16-18)24(28)20-9-11-21(12-10-20)25(29)30;/h2-12,17-18,26H,13-16H2,1H3,(H,29,30);1H/t17-,18?;/m1./s1. The molecule has 1 aliphatic rings. The maximum atomic E-state index is 12.7. The van der Waals surface area contributed by atoms with E-state index in [1.807, 2.05) is 4.90 Å². The number of rotatable bonds is 6. The van der Waals surface area contributed by atoms with Crippen molar-refractivity contribution in [3.63, 3.8) is 0 Å². The van der Waals surface area contributed by atoms with Gasteiger partial charge in [0.15, 0.2) is 0 Å². The van der Waals surface area contributed by atoms with E-state index in [1.165, 1.54) is 28.5 Å². The SMILES string of the molecule is C[C@@H](NCC1CCN(C(=O)c2ccc(C(=O)O)cc2)C1)c1cccc2ccccc12.Cl. The lowest BCUT2D eigenvalue weighted by atomic mass is 9.99. The molecule has 1 amide bonds. The molecule has 3 aromatic carbocycles. The molecule has 0 radical (unpaired) electrons. The summed E-state index contributed by atoms with van der Waals surface area (Å²) in [5.74, 6) is -0.608. The van der Waals surface area contributed by atoms with Gasteiger partial charge in [0.2, 0.25) is 0 Å². The normalized spacial score (nSPS) is 16.7. The minimum atomic E-state index is -0.985. The Bertz CT molecular complexity index is 1060. The van der Waals surface area contributed by atoms with Crippen molar-refractivity contribution in [2.75, 3.05) is 19.6 Å². The number of nitrogens with zero attached hydrogens (tertiary/aromatic N) is 1. The molecule has 1 unspecified atom stereocenters. The lowest BCUT2D eigenvalue weighted by Crippen LogP contribution is -2.31. The van der Waals surface area contributed by atoms with Gasteiger partial charge in [0.05, 0.1) is 5.56 Å². The zero-order chi connectivity index (χ0) is 21.1. The smallest absolute Gasteiger partial charge is 0.335 e. The quantitative estimate of drug-likeness (QED) is 0.581. The van der Waals surface area contributed by atoms with Crippen LogP contribution in [-0.4, -0.2) is 41.5 Å². The summed E-state index contributed by atoms with van der Waals surface area (Å²) in [4.78, 5) is 25.6. The Morgan fingerprint density at radius 2 is 1.71 bits per heavy atom. The van der Waals surface area contributed by atoms with Gasteiger partial charge in [-0.2, -0.15) is 0 Å². The monoisotopic (exact) mass is 438 g/mol. The molecule has 0 saturated carbocycles.